The van der Waals surface area contributed by atoms with E-state index in [1.807, 2.05) is 6.07 Å². The Hall–Kier alpha value is -1.61. The summed E-state index contributed by atoms with van der Waals surface area (Å²) in [6.45, 7) is 0. The average molecular weight is 251 g/mol. The molecule has 17 heavy (non-hydrogen) atoms. The number of anilines is 1. The summed E-state index contributed by atoms with van der Waals surface area (Å²) in [6.07, 6.45) is 2.85. The minimum Gasteiger partial charge on any atom is -0.381 e. The van der Waals surface area contributed by atoms with Crippen molar-refractivity contribution in [1.29, 1.82) is 5.26 Å². The van der Waals surface area contributed by atoms with Gasteiger partial charge in [-0.05, 0) is 25.0 Å². The fourth-order valence-electron chi connectivity index (χ4n) is 1.82. The fourth-order valence-corrected chi connectivity index (χ4v) is 3.31. The molecule has 0 spiro atoms. The van der Waals surface area contributed by atoms with Gasteiger partial charge in [0.2, 0.25) is 0 Å². The van der Waals surface area contributed by atoms with E-state index in [0.29, 0.717) is 18.5 Å². The van der Waals surface area contributed by atoms with Crippen molar-refractivity contribution in [2.45, 2.75) is 18.9 Å². The molecule has 1 N–H and O–H groups in total. The predicted molar refractivity (Wildman–Crippen MR) is 64.3 cm³/mol. The second kappa shape index (κ2) is 4.72. The lowest BCUT2D eigenvalue weighted by Crippen LogP contribution is -2.32. The lowest BCUT2D eigenvalue weighted by molar-refractivity contribution is 0.559. The molecule has 1 aliphatic heterocycles. The first-order chi connectivity index (χ1) is 8.09. The maximum atomic E-state index is 11.3. The Labute approximate surface area is 100 Å². The highest BCUT2D eigenvalue weighted by Crippen LogP contribution is 2.17. The molecule has 1 fully saturated rings. The molecule has 1 saturated heterocycles. The van der Waals surface area contributed by atoms with Crippen molar-refractivity contribution in [3.8, 4) is 6.07 Å². The summed E-state index contributed by atoms with van der Waals surface area (Å²) in [6, 6.07) is 5.55. The maximum absolute atomic E-state index is 11.3. The number of sulfone groups is 1. The van der Waals surface area contributed by atoms with Gasteiger partial charge in [-0.25, -0.2) is 13.4 Å². The SMILES string of the molecule is N#Cc1ccc(NC2CCS(=O)(=O)CC2)cn1. The Balaban J connectivity index is 1.96. The van der Waals surface area contributed by atoms with E-state index in [9.17, 15) is 8.42 Å². The predicted octanol–water partition coefficient (Wildman–Crippen LogP) is 0.942. The van der Waals surface area contributed by atoms with Crippen molar-refractivity contribution < 1.29 is 8.42 Å². The van der Waals surface area contributed by atoms with Crippen LogP contribution in [0.3, 0.4) is 0 Å². The van der Waals surface area contributed by atoms with E-state index in [1.54, 1.807) is 18.3 Å². The lowest BCUT2D eigenvalue weighted by atomic mass is 10.1. The first-order valence-electron chi connectivity index (χ1n) is 5.42. The van der Waals surface area contributed by atoms with Crippen molar-refractivity contribution in [1.82, 2.24) is 4.98 Å². The largest absolute Gasteiger partial charge is 0.381 e. The normalized spacial score (nSPS) is 19.5. The number of nitriles is 1. The quantitative estimate of drug-likeness (QED) is 0.845. The fraction of sp³-hybridized carbons (Fsp3) is 0.455. The third-order valence-electron chi connectivity index (χ3n) is 2.80. The first-order valence-corrected chi connectivity index (χ1v) is 7.24. The Kier molecular flexibility index (Phi) is 3.29. The van der Waals surface area contributed by atoms with E-state index in [4.69, 9.17) is 5.26 Å². The van der Waals surface area contributed by atoms with Crippen LogP contribution in [0.1, 0.15) is 18.5 Å². The number of hydrogen-bond donors (Lipinski definition) is 1. The highest BCUT2D eigenvalue weighted by atomic mass is 32.2. The van der Waals surface area contributed by atoms with Gasteiger partial charge in [0.25, 0.3) is 0 Å². The second-order valence-electron chi connectivity index (χ2n) is 4.11. The van der Waals surface area contributed by atoms with Gasteiger partial charge in [0.05, 0.1) is 23.4 Å². The van der Waals surface area contributed by atoms with E-state index in [1.165, 1.54) is 0 Å². The number of aromatic nitrogens is 1. The maximum Gasteiger partial charge on any atom is 0.150 e. The molecular formula is C11H13N3O2S. The van der Waals surface area contributed by atoms with Gasteiger partial charge in [-0.2, -0.15) is 5.26 Å². The van der Waals surface area contributed by atoms with Crippen LogP contribution in [-0.4, -0.2) is 30.9 Å². The summed E-state index contributed by atoms with van der Waals surface area (Å²) in [4.78, 5) is 3.95. The summed E-state index contributed by atoms with van der Waals surface area (Å²) in [5.74, 6) is 0.489. The average Bonchev–Trinajstić information content (AvgIpc) is 2.33. The van der Waals surface area contributed by atoms with Crippen molar-refractivity contribution >= 4 is 15.5 Å². The molecule has 90 valence electrons. The summed E-state index contributed by atoms with van der Waals surface area (Å²) in [5, 5.41) is 11.8. The number of rotatable bonds is 2. The molecular weight excluding hydrogens is 238 g/mol. The van der Waals surface area contributed by atoms with Crippen LogP contribution >= 0.6 is 0 Å². The molecule has 0 aliphatic carbocycles. The molecule has 0 unspecified atom stereocenters. The van der Waals surface area contributed by atoms with Crippen LogP contribution in [0.5, 0.6) is 0 Å². The van der Waals surface area contributed by atoms with Gasteiger partial charge in [0.1, 0.15) is 21.6 Å². The van der Waals surface area contributed by atoms with Crippen LogP contribution in [0.15, 0.2) is 18.3 Å². The van der Waals surface area contributed by atoms with Crippen LogP contribution in [-0.2, 0) is 9.84 Å². The number of pyridine rings is 1. The van der Waals surface area contributed by atoms with E-state index in [0.717, 1.165) is 5.69 Å². The van der Waals surface area contributed by atoms with E-state index in [-0.39, 0.29) is 17.5 Å². The molecule has 1 aromatic rings. The number of nitrogens with one attached hydrogen (secondary N) is 1. The van der Waals surface area contributed by atoms with Gasteiger partial charge in [-0.3, -0.25) is 0 Å². The van der Waals surface area contributed by atoms with Crippen LogP contribution in [0.2, 0.25) is 0 Å². The zero-order valence-corrected chi connectivity index (χ0v) is 10.1. The summed E-state index contributed by atoms with van der Waals surface area (Å²) in [7, 11) is -2.82. The Morgan fingerprint density at radius 3 is 2.59 bits per heavy atom. The second-order valence-corrected chi connectivity index (χ2v) is 6.42. The monoisotopic (exact) mass is 251 g/mol. The molecule has 2 heterocycles. The molecule has 0 atom stereocenters. The molecule has 0 aromatic carbocycles. The van der Waals surface area contributed by atoms with Crippen molar-refractivity contribution in [2.24, 2.45) is 0 Å². The summed E-state index contributed by atoms with van der Waals surface area (Å²) in [5.41, 5.74) is 1.20. The Bertz CT molecular complexity index is 517. The van der Waals surface area contributed by atoms with Gasteiger partial charge < -0.3 is 5.32 Å². The topological polar surface area (TPSA) is 82.9 Å². The van der Waals surface area contributed by atoms with Gasteiger partial charge in [-0.1, -0.05) is 0 Å². The van der Waals surface area contributed by atoms with Crippen molar-refractivity contribution in [2.75, 3.05) is 16.8 Å². The van der Waals surface area contributed by atoms with Gasteiger partial charge in [0.15, 0.2) is 0 Å². The van der Waals surface area contributed by atoms with E-state index in [2.05, 4.69) is 10.3 Å². The number of nitrogens with zero attached hydrogens (tertiary/aromatic N) is 2. The standard InChI is InChI=1S/C11H13N3O2S/c12-7-10-1-2-11(8-13-10)14-9-3-5-17(15,16)6-4-9/h1-2,8-9,14H,3-6H2. The Morgan fingerprint density at radius 2 is 2.06 bits per heavy atom. The zero-order chi connectivity index (χ0) is 12.3. The number of hydrogen-bond acceptors (Lipinski definition) is 5. The minimum absolute atomic E-state index is 0.174. The molecule has 0 radical (unpaired) electrons. The molecule has 1 aromatic heterocycles. The van der Waals surface area contributed by atoms with E-state index >= 15 is 0 Å². The highest BCUT2D eigenvalue weighted by molar-refractivity contribution is 7.91. The van der Waals surface area contributed by atoms with Gasteiger partial charge in [-0.15, -0.1) is 0 Å². The molecule has 1 aliphatic rings. The van der Waals surface area contributed by atoms with Gasteiger partial charge in [0, 0.05) is 6.04 Å². The summed E-state index contributed by atoms with van der Waals surface area (Å²) < 4.78 is 22.5. The zero-order valence-electron chi connectivity index (χ0n) is 9.26. The third kappa shape index (κ3) is 3.17. The molecule has 0 amide bonds. The summed E-state index contributed by atoms with van der Waals surface area (Å²) >= 11 is 0. The lowest BCUT2D eigenvalue weighted by Gasteiger charge is -2.23. The highest BCUT2D eigenvalue weighted by Gasteiger charge is 2.23. The molecule has 0 bridgehead atoms. The van der Waals surface area contributed by atoms with Crippen molar-refractivity contribution in [3.63, 3.8) is 0 Å². The minimum atomic E-state index is -2.82. The molecule has 0 saturated carbocycles. The van der Waals surface area contributed by atoms with Crippen molar-refractivity contribution in [3.05, 3.63) is 24.0 Å². The van der Waals surface area contributed by atoms with Gasteiger partial charge >= 0.3 is 0 Å². The Morgan fingerprint density at radius 1 is 1.35 bits per heavy atom. The molecule has 5 nitrogen and oxygen atoms in total. The van der Waals surface area contributed by atoms with Crippen LogP contribution in [0.25, 0.3) is 0 Å². The van der Waals surface area contributed by atoms with Crippen LogP contribution < -0.4 is 5.32 Å². The first kappa shape index (κ1) is 11.9. The van der Waals surface area contributed by atoms with E-state index < -0.39 is 9.84 Å². The van der Waals surface area contributed by atoms with Crippen LogP contribution in [0.4, 0.5) is 5.69 Å². The third-order valence-corrected chi connectivity index (χ3v) is 4.52. The van der Waals surface area contributed by atoms with Crippen LogP contribution in [0, 0.1) is 11.3 Å². The molecule has 2 rings (SSSR count). The smallest absolute Gasteiger partial charge is 0.150 e. The molecule has 6 heteroatoms.